The molecule has 0 saturated heterocycles. The maximum atomic E-state index is 9.92. The summed E-state index contributed by atoms with van der Waals surface area (Å²) in [6.07, 6.45) is 1.05. The Labute approximate surface area is 140 Å². The molecule has 0 aliphatic carbocycles. The first-order chi connectivity index (χ1) is 10.7. The summed E-state index contributed by atoms with van der Waals surface area (Å²) in [5.74, 6) is 1.10. The van der Waals surface area contributed by atoms with E-state index in [0.29, 0.717) is 5.75 Å². The van der Waals surface area contributed by atoms with Gasteiger partial charge < -0.3 is 10.4 Å². The van der Waals surface area contributed by atoms with Crippen LogP contribution in [0, 0.1) is 6.92 Å². The molecule has 0 aromatic heterocycles. The summed E-state index contributed by atoms with van der Waals surface area (Å²) in [6.45, 7) is 13.0. The molecule has 2 N–H and O–H groups in total. The van der Waals surface area contributed by atoms with E-state index in [2.05, 4.69) is 18.3 Å². The third-order valence-electron chi connectivity index (χ3n) is 3.15. The predicted molar refractivity (Wildman–Crippen MR) is 102 cm³/mol. The second-order valence-corrected chi connectivity index (χ2v) is 4.90. The number of benzene rings is 2. The molecular weight excluding hydrogens is 294 g/mol. The van der Waals surface area contributed by atoms with Crippen molar-refractivity contribution in [1.29, 1.82) is 0 Å². The van der Waals surface area contributed by atoms with Crippen LogP contribution in [0.5, 0.6) is 5.75 Å². The first-order valence-electron chi connectivity index (χ1n) is 8.23. The van der Waals surface area contributed by atoms with Gasteiger partial charge in [-0.05, 0) is 29.9 Å². The molecule has 0 fully saturated rings. The van der Waals surface area contributed by atoms with Crippen LogP contribution in [0.4, 0.5) is 5.69 Å². The molecule has 0 atom stereocenters. The number of alkyl halides is 1. The normalized spacial score (nSPS) is 10.9. The summed E-state index contributed by atoms with van der Waals surface area (Å²) in [7, 11) is 0. The van der Waals surface area contributed by atoms with Crippen LogP contribution in [-0.4, -0.2) is 17.5 Å². The zero-order valence-corrected chi connectivity index (χ0v) is 15.5. The molecule has 22 heavy (non-hydrogen) atoms. The first kappa shape index (κ1) is 20.6. The number of phenolic OH excluding ortho intramolecular Hbond substituents is 1. The van der Waals surface area contributed by atoms with E-state index >= 15 is 0 Å². The highest BCUT2D eigenvalue weighted by Gasteiger charge is 2.16. The third kappa shape index (κ3) is 4.81. The van der Waals surface area contributed by atoms with E-state index in [4.69, 9.17) is 11.6 Å². The van der Waals surface area contributed by atoms with Gasteiger partial charge in [0.1, 0.15) is 5.75 Å². The average Bonchev–Trinajstić information content (AvgIpc) is 3.00. The Morgan fingerprint density at radius 1 is 1.18 bits per heavy atom. The van der Waals surface area contributed by atoms with Crippen LogP contribution in [0.25, 0.3) is 10.8 Å². The highest BCUT2D eigenvalue weighted by atomic mass is 35.5. The predicted octanol–water partition coefficient (Wildman–Crippen LogP) is 6.12. The number of fused-ring (bicyclic) bond motifs is 3. The van der Waals surface area contributed by atoms with Gasteiger partial charge in [-0.25, -0.2) is 0 Å². The zero-order chi connectivity index (χ0) is 17.1. The van der Waals surface area contributed by atoms with E-state index in [1.807, 2.05) is 52.8 Å². The number of nitrogens with one attached hydrogen (secondary N) is 1. The summed E-state index contributed by atoms with van der Waals surface area (Å²) in [4.78, 5) is 0. The van der Waals surface area contributed by atoms with Crippen LogP contribution in [0.2, 0.25) is 0 Å². The van der Waals surface area contributed by atoms with Crippen molar-refractivity contribution < 1.29 is 5.11 Å². The fourth-order valence-corrected chi connectivity index (χ4v) is 2.46. The van der Waals surface area contributed by atoms with Gasteiger partial charge in [0.2, 0.25) is 0 Å². The summed E-state index contributed by atoms with van der Waals surface area (Å²) in [6, 6.07) is 7.91. The molecule has 124 valence electrons. The van der Waals surface area contributed by atoms with Crippen molar-refractivity contribution in [2.24, 2.45) is 0 Å². The van der Waals surface area contributed by atoms with Gasteiger partial charge in [0.15, 0.2) is 0 Å². The summed E-state index contributed by atoms with van der Waals surface area (Å²) in [5, 5.41) is 15.4. The third-order valence-corrected chi connectivity index (χ3v) is 3.15. The van der Waals surface area contributed by atoms with Crippen LogP contribution >= 0.6 is 11.6 Å². The van der Waals surface area contributed by atoms with E-state index in [-0.39, 0.29) is 0 Å². The molecule has 1 aliphatic rings. The van der Waals surface area contributed by atoms with Crippen LogP contribution in [0.3, 0.4) is 0 Å². The maximum absolute atomic E-state index is 9.92. The topological polar surface area (TPSA) is 32.3 Å². The lowest BCUT2D eigenvalue weighted by atomic mass is 9.97. The number of phenols is 1. The monoisotopic (exact) mass is 323 g/mol. The van der Waals surface area contributed by atoms with Crippen molar-refractivity contribution in [3.05, 3.63) is 35.4 Å². The van der Waals surface area contributed by atoms with Gasteiger partial charge in [0.05, 0.1) is 0 Å². The molecular formula is C19H30ClNO. The number of hydrogen-bond acceptors (Lipinski definition) is 2. The minimum absolute atomic E-state index is 0.377. The number of rotatable bonds is 0. The molecule has 0 radical (unpaired) electrons. The minimum Gasteiger partial charge on any atom is -0.507 e. The van der Waals surface area contributed by atoms with Gasteiger partial charge in [-0.3, -0.25) is 0 Å². The summed E-state index contributed by atoms with van der Waals surface area (Å²) >= 11 is 5.00. The quantitative estimate of drug-likeness (QED) is 0.572. The maximum Gasteiger partial charge on any atom is 0.125 e. The number of hydrogen-bond donors (Lipinski definition) is 2. The molecule has 2 aromatic rings. The van der Waals surface area contributed by atoms with Crippen LogP contribution < -0.4 is 5.32 Å². The Bertz CT molecular complexity index is 567. The molecule has 1 heterocycles. The van der Waals surface area contributed by atoms with Crippen molar-refractivity contribution in [3.8, 4) is 5.75 Å². The number of aryl methyl sites for hydroxylation is 1. The Kier molecular flexibility index (Phi) is 10.5. The van der Waals surface area contributed by atoms with Crippen molar-refractivity contribution in [2.45, 2.75) is 48.0 Å². The molecule has 2 nitrogen and oxygen atoms in total. The minimum atomic E-state index is 0.377. The van der Waals surface area contributed by atoms with Gasteiger partial charge in [0, 0.05) is 29.6 Å². The zero-order valence-electron chi connectivity index (χ0n) is 14.8. The van der Waals surface area contributed by atoms with E-state index in [1.54, 1.807) is 0 Å². The van der Waals surface area contributed by atoms with Gasteiger partial charge in [-0.1, -0.05) is 52.8 Å². The SMILES string of the molecule is CC.CC.CCCl.Cc1cccc2c(O)cc3c(c12)CCN3. The second-order valence-electron chi connectivity index (χ2n) is 4.36. The molecule has 1 aliphatic heterocycles. The van der Waals surface area contributed by atoms with Gasteiger partial charge in [-0.2, -0.15) is 0 Å². The molecule has 0 spiro atoms. The summed E-state index contributed by atoms with van der Waals surface area (Å²) < 4.78 is 0. The second kappa shape index (κ2) is 11.2. The van der Waals surface area contributed by atoms with Gasteiger partial charge >= 0.3 is 0 Å². The Hall–Kier alpha value is -1.41. The Morgan fingerprint density at radius 2 is 1.77 bits per heavy atom. The van der Waals surface area contributed by atoms with Crippen LogP contribution in [0.15, 0.2) is 24.3 Å². The highest BCUT2D eigenvalue weighted by molar-refractivity contribution is 6.17. The van der Waals surface area contributed by atoms with E-state index in [1.165, 1.54) is 16.5 Å². The number of aromatic hydroxyl groups is 1. The molecule has 0 unspecified atom stereocenters. The van der Waals surface area contributed by atoms with Crippen LogP contribution in [0.1, 0.15) is 45.7 Å². The summed E-state index contributed by atoms with van der Waals surface area (Å²) in [5.41, 5.74) is 3.68. The number of anilines is 1. The molecule has 0 amide bonds. The smallest absolute Gasteiger partial charge is 0.125 e. The van der Waals surface area contributed by atoms with Crippen LogP contribution in [-0.2, 0) is 6.42 Å². The lowest BCUT2D eigenvalue weighted by molar-refractivity contribution is 0.482. The van der Waals surface area contributed by atoms with Crippen molar-refractivity contribution in [1.82, 2.24) is 0 Å². The van der Waals surface area contributed by atoms with Gasteiger partial charge in [0.25, 0.3) is 0 Å². The molecule has 3 rings (SSSR count). The fourth-order valence-electron chi connectivity index (χ4n) is 2.46. The van der Waals surface area contributed by atoms with E-state index in [9.17, 15) is 5.11 Å². The number of halogens is 1. The molecule has 3 heteroatoms. The Balaban J connectivity index is 0.000000553. The van der Waals surface area contributed by atoms with E-state index < -0.39 is 0 Å². The van der Waals surface area contributed by atoms with Crippen molar-refractivity contribution in [2.75, 3.05) is 17.7 Å². The van der Waals surface area contributed by atoms with Gasteiger partial charge in [-0.15, -0.1) is 11.6 Å². The highest BCUT2D eigenvalue weighted by Crippen LogP contribution is 2.37. The average molecular weight is 324 g/mol. The lowest BCUT2D eigenvalue weighted by Gasteiger charge is -2.09. The largest absolute Gasteiger partial charge is 0.507 e. The Morgan fingerprint density at radius 3 is 2.36 bits per heavy atom. The fraction of sp³-hybridized carbons (Fsp3) is 0.474. The lowest BCUT2D eigenvalue weighted by Crippen LogP contribution is -1.90. The first-order valence-corrected chi connectivity index (χ1v) is 8.76. The van der Waals surface area contributed by atoms with Crippen molar-refractivity contribution in [3.63, 3.8) is 0 Å². The van der Waals surface area contributed by atoms with E-state index in [0.717, 1.165) is 29.9 Å². The molecule has 0 saturated carbocycles. The standard InChI is InChI=1S/C13H13NO.C2H5Cl.2C2H6/c1-8-3-2-4-10-12(15)7-11-9(13(8)10)5-6-14-11;1-2-3;2*1-2/h2-4,7,14-15H,5-6H2,1H3;2H2,1H3;2*1-2H3. The molecule has 0 bridgehead atoms. The van der Waals surface area contributed by atoms with Crippen molar-refractivity contribution >= 4 is 28.1 Å². The molecule has 2 aromatic carbocycles.